The number of rotatable bonds is 6. The number of thiophene rings is 1. The van der Waals surface area contributed by atoms with E-state index in [4.69, 9.17) is 4.74 Å². The van der Waals surface area contributed by atoms with Crippen molar-refractivity contribution in [1.82, 2.24) is 4.31 Å². The lowest BCUT2D eigenvalue weighted by Crippen LogP contribution is -2.27. The fourth-order valence-corrected chi connectivity index (χ4v) is 6.48. The standard InChI is InChI=1S/C21H23NO5S2/c23-19(13-27-21(24)18-14-28-20-6-2-1-5-17(18)20)15-7-9-16(10-8-15)29(25,26)22-11-3-4-12-22/h7-10,14H,1-6,11-13H2. The molecule has 0 amide bonds. The fourth-order valence-electron chi connectivity index (χ4n) is 3.85. The predicted molar refractivity (Wildman–Crippen MR) is 110 cm³/mol. The molecule has 1 saturated heterocycles. The Morgan fingerprint density at radius 3 is 2.41 bits per heavy atom. The number of esters is 1. The molecule has 4 rings (SSSR count). The minimum Gasteiger partial charge on any atom is -0.454 e. The highest BCUT2D eigenvalue weighted by Crippen LogP contribution is 2.30. The third-order valence-corrected chi connectivity index (χ3v) is 8.50. The van der Waals surface area contributed by atoms with Crippen LogP contribution in [0.25, 0.3) is 0 Å². The van der Waals surface area contributed by atoms with Crippen molar-refractivity contribution in [1.29, 1.82) is 0 Å². The molecule has 1 fully saturated rings. The first-order valence-electron chi connectivity index (χ1n) is 9.86. The molecule has 8 heteroatoms. The van der Waals surface area contributed by atoms with E-state index in [2.05, 4.69) is 0 Å². The zero-order valence-electron chi connectivity index (χ0n) is 16.1. The SMILES string of the molecule is O=C(COC(=O)c1csc2c1CCCC2)c1ccc(S(=O)(=O)N2CCCC2)cc1. The fraction of sp³-hybridized carbons (Fsp3) is 0.429. The molecule has 0 atom stereocenters. The summed E-state index contributed by atoms with van der Waals surface area (Å²) in [5.74, 6) is -0.821. The van der Waals surface area contributed by atoms with Crippen LogP contribution in [0, 0.1) is 0 Å². The third-order valence-electron chi connectivity index (χ3n) is 5.49. The molecule has 0 N–H and O–H groups in total. The summed E-state index contributed by atoms with van der Waals surface area (Å²) in [6.07, 6.45) is 5.83. The van der Waals surface area contributed by atoms with Crippen molar-refractivity contribution < 1.29 is 22.7 Å². The summed E-state index contributed by atoms with van der Waals surface area (Å²) in [4.78, 5) is 26.2. The van der Waals surface area contributed by atoms with Gasteiger partial charge >= 0.3 is 5.97 Å². The van der Waals surface area contributed by atoms with Gasteiger partial charge in [0.25, 0.3) is 0 Å². The quantitative estimate of drug-likeness (QED) is 0.515. The smallest absolute Gasteiger partial charge is 0.339 e. The summed E-state index contributed by atoms with van der Waals surface area (Å²) < 4.78 is 31.8. The van der Waals surface area contributed by atoms with Gasteiger partial charge in [-0.05, 0) is 68.4 Å². The largest absolute Gasteiger partial charge is 0.454 e. The molecule has 1 aromatic carbocycles. The van der Waals surface area contributed by atoms with Crippen LogP contribution in [-0.4, -0.2) is 44.2 Å². The first-order chi connectivity index (χ1) is 14.0. The summed E-state index contributed by atoms with van der Waals surface area (Å²) in [6.45, 7) is 0.707. The van der Waals surface area contributed by atoms with Crippen LogP contribution in [0.1, 0.15) is 56.8 Å². The van der Waals surface area contributed by atoms with Crippen LogP contribution in [0.5, 0.6) is 0 Å². The van der Waals surface area contributed by atoms with E-state index in [1.165, 1.54) is 33.4 Å². The molecule has 2 heterocycles. The molecule has 1 aliphatic heterocycles. The Kier molecular flexibility index (Phi) is 5.85. The van der Waals surface area contributed by atoms with Gasteiger partial charge in [0.15, 0.2) is 12.4 Å². The van der Waals surface area contributed by atoms with Crippen LogP contribution >= 0.6 is 11.3 Å². The number of aryl methyl sites for hydroxylation is 1. The number of ether oxygens (including phenoxy) is 1. The highest BCUT2D eigenvalue weighted by Gasteiger charge is 2.27. The van der Waals surface area contributed by atoms with Crippen molar-refractivity contribution in [3.8, 4) is 0 Å². The van der Waals surface area contributed by atoms with E-state index in [1.54, 1.807) is 11.3 Å². The molecule has 6 nitrogen and oxygen atoms in total. The van der Waals surface area contributed by atoms with Gasteiger partial charge in [0, 0.05) is 28.9 Å². The number of benzene rings is 1. The van der Waals surface area contributed by atoms with Gasteiger partial charge in [-0.3, -0.25) is 4.79 Å². The Hall–Kier alpha value is -2.03. The summed E-state index contributed by atoms with van der Waals surface area (Å²) in [5.41, 5.74) is 1.96. The Morgan fingerprint density at radius 1 is 1.00 bits per heavy atom. The van der Waals surface area contributed by atoms with E-state index in [0.717, 1.165) is 44.1 Å². The van der Waals surface area contributed by atoms with Crippen LogP contribution in [0.4, 0.5) is 0 Å². The molecule has 0 unspecified atom stereocenters. The van der Waals surface area contributed by atoms with Gasteiger partial charge in [0.2, 0.25) is 10.0 Å². The van der Waals surface area contributed by atoms with Crippen molar-refractivity contribution >= 4 is 33.1 Å². The molecule has 1 aromatic heterocycles. The van der Waals surface area contributed by atoms with Crippen LogP contribution in [-0.2, 0) is 27.6 Å². The molecular formula is C21H23NO5S2. The van der Waals surface area contributed by atoms with Gasteiger partial charge in [-0.1, -0.05) is 0 Å². The Bertz CT molecular complexity index is 1020. The minimum atomic E-state index is -3.51. The van der Waals surface area contributed by atoms with E-state index >= 15 is 0 Å². The average molecular weight is 434 g/mol. The zero-order valence-corrected chi connectivity index (χ0v) is 17.7. The predicted octanol–water partition coefficient (Wildman–Crippen LogP) is 3.45. The second-order valence-corrected chi connectivity index (χ2v) is 10.3. The number of hydrogen-bond donors (Lipinski definition) is 0. The van der Waals surface area contributed by atoms with Crippen molar-refractivity contribution in [2.45, 2.75) is 43.4 Å². The van der Waals surface area contributed by atoms with Crippen LogP contribution in [0.2, 0.25) is 0 Å². The van der Waals surface area contributed by atoms with E-state index in [9.17, 15) is 18.0 Å². The van der Waals surface area contributed by atoms with Gasteiger partial charge in [0.05, 0.1) is 10.5 Å². The minimum absolute atomic E-state index is 0.179. The van der Waals surface area contributed by atoms with Gasteiger partial charge in [-0.25, -0.2) is 13.2 Å². The van der Waals surface area contributed by atoms with Gasteiger partial charge in [0.1, 0.15) is 0 Å². The number of carbonyl (C=O) groups excluding carboxylic acids is 2. The number of ketones is 1. The summed E-state index contributed by atoms with van der Waals surface area (Å²) in [5, 5.41) is 1.82. The summed E-state index contributed by atoms with van der Waals surface area (Å²) >= 11 is 1.58. The lowest BCUT2D eigenvalue weighted by atomic mass is 9.96. The molecule has 2 aromatic rings. The molecule has 0 radical (unpaired) electrons. The van der Waals surface area contributed by atoms with Crippen molar-refractivity contribution in [3.63, 3.8) is 0 Å². The van der Waals surface area contributed by atoms with E-state index in [0.29, 0.717) is 24.2 Å². The van der Waals surface area contributed by atoms with Gasteiger partial charge in [-0.15, -0.1) is 11.3 Å². The first-order valence-corrected chi connectivity index (χ1v) is 12.2. The second kappa shape index (κ2) is 8.38. The normalized spacial score (nSPS) is 17.1. The summed E-state index contributed by atoms with van der Waals surface area (Å²) in [6, 6.07) is 5.84. The van der Waals surface area contributed by atoms with E-state index in [-0.39, 0.29) is 17.3 Å². The molecule has 29 heavy (non-hydrogen) atoms. The molecule has 1 aliphatic carbocycles. The molecule has 0 spiro atoms. The van der Waals surface area contributed by atoms with Crippen LogP contribution < -0.4 is 0 Å². The first kappa shape index (κ1) is 20.3. The number of nitrogens with zero attached hydrogens (tertiary/aromatic N) is 1. The van der Waals surface area contributed by atoms with Crippen LogP contribution in [0.3, 0.4) is 0 Å². The highest BCUT2D eigenvalue weighted by atomic mass is 32.2. The second-order valence-electron chi connectivity index (χ2n) is 7.39. The Labute approximate surface area is 174 Å². The molecule has 0 saturated carbocycles. The van der Waals surface area contributed by atoms with Crippen molar-refractivity contribution in [2.24, 2.45) is 0 Å². The Balaban J connectivity index is 1.39. The van der Waals surface area contributed by atoms with Gasteiger partial charge < -0.3 is 4.74 Å². The van der Waals surface area contributed by atoms with Crippen molar-refractivity contribution in [3.05, 3.63) is 51.2 Å². The van der Waals surface area contributed by atoms with Crippen LogP contribution in [0.15, 0.2) is 34.5 Å². The lowest BCUT2D eigenvalue weighted by Gasteiger charge is -2.15. The van der Waals surface area contributed by atoms with Crippen molar-refractivity contribution in [2.75, 3.05) is 19.7 Å². The molecule has 154 valence electrons. The topological polar surface area (TPSA) is 80.8 Å². The number of sulfonamides is 1. The maximum Gasteiger partial charge on any atom is 0.339 e. The maximum absolute atomic E-state index is 12.6. The lowest BCUT2D eigenvalue weighted by molar-refractivity contribution is 0.0474. The molecule has 0 bridgehead atoms. The maximum atomic E-state index is 12.6. The monoisotopic (exact) mass is 433 g/mol. The number of carbonyl (C=O) groups is 2. The number of fused-ring (bicyclic) bond motifs is 1. The third kappa shape index (κ3) is 4.15. The molecular weight excluding hydrogens is 410 g/mol. The van der Waals surface area contributed by atoms with E-state index < -0.39 is 16.0 Å². The highest BCUT2D eigenvalue weighted by molar-refractivity contribution is 7.89. The molecule has 2 aliphatic rings. The zero-order chi connectivity index (χ0) is 20.4. The average Bonchev–Trinajstić information content (AvgIpc) is 3.42. The summed E-state index contributed by atoms with van der Waals surface area (Å²) in [7, 11) is -3.51. The number of hydrogen-bond acceptors (Lipinski definition) is 6. The Morgan fingerprint density at radius 2 is 1.69 bits per heavy atom. The number of Topliss-reactive ketones (excluding diaryl/α,β-unsaturated/α-hetero) is 1. The van der Waals surface area contributed by atoms with E-state index in [1.807, 2.05) is 5.38 Å². The van der Waals surface area contributed by atoms with Gasteiger partial charge in [-0.2, -0.15) is 4.31 Å².